The van der Waals surface area contributed by atoms with Crippen LogP contribution in [0.15, 0.2) is 5.38 Å². The summed E-state index contributed by atoms with van der Waals surface area (Å²) in [4.78, 5) is 4.17. The van der Waals surface area contributed by atoms with Crippen molar-refractivity contribution in [3.63, 3.8) is 0 Å². The van der Waals surface area contributed by atoms with Gasteiger partial charge in [0.1, 0.15) is 0 Å². The monoisotopic (exact) mass is 158 g/mol. The first-order valence-electron chi connectivity index (χ1n) is 2.99. The lowest BCUT2D eigenvalue weighted by molar-refractivity contribution is -0.0739. The lowest BCUT2D eigenvalue weighted by Crippen LogP contribution is -2.11. The molecule has 0 saturated carbocycles. The summed E-state index contributed by atoms with van der Waals surface area (Å²) in [7, 11) is 1.61. The molecule has 0 aliphatic carbocycles. The van der Waals surface area contributed by atoms with Gasteiger partial charge < -0.3 is 5.21 Å². The van der Waals surface area contributed by atoms with Crippen molar-refractivity contribution in [3.8, 4) is 0 Å². The standard InChI is InChI=1S/C6H10N2OS/c1-5-7-6(4-10-5)3-8(2)9/h4,9H,3H2,1-2H3. The van der Waals surface area contributed by atoms with E-state index in [1.165, 1.54) is 0 Å². The van der Waals surface area contributed by atoms with E-state index in [-0.39, 0.29) is 0 Å². The van der Waals surface area contributed by atoms with Crippen molar-refractivity contribution in [2.75, 3.05) is 7.05 Å². The van der Waals surface area contributed by atoms with Crippen LogP contribution in [0.4, 0.5) is 0 Å². The van der Waals surface area contributed by atoms with Crippen LogP contribution < -0.4 is 0 Å². The average molecular weight is 158 g/mol. The molecule has 1 aromatic heterocycles. The van der Waals surface area contributed by atoms with E-state index in [0.717, 1.165) is 15.8 Å². The zero-order valence-corrected chi connectivity index (χ0v) is 6.85. The second-order valence-electron chi connectivity index (χ2n) is 2.17. The summed E-state index contributed by atoms with van der Waals surface area (Å²) in [6, 6.07) is 0. The van der Waals surface area contributed by atoms with Crippen LogP contribution in [0.3, 0.4) is 0 Å². The molecule has 0 unspecified atom stereocenters. The van der Waals surface area contributed by atoms with Gasteiger partial charge in [0.05, 0.1) is 17.2 Å². The van der Waals surface area contributed by atoms with E-state index < -0.39 is 0 Å². The third-order valence-corrected chi connectivity index (χ3v) is 1.88. The molecule has 0 fully saturated rings. The smallest absolute Gasteiger partial charge is 0.0897 e. The minimum Gasteiger partial charge on any atom is -0.314 e. The molecular formula is C6H10N2OS. The van der Waals surface area contributed by atoms with Crippen molar-refractivity contribution < 1.29 is 5.21 Å². The molecule has 3 nitrogen and oxygen atoms in total. The van der Waals surface area contributed by atoms with Crippen LogP contribution in [0.5, 0.6) is 0 Å². The molecule has 1 heterocycles. The van der Waals surface area contributed by atoms with Crippen LogP contribution >= 0.6 is 11.3 Å². The van der Waals surface area contributed by atoms with E-state index in [1.54, 1.807) is 18.4 Å². The maximum absolute atomic E-state index is 8.81. The highest BCUT2D eigenvalue weighted by molar-refractivity contribution is 7.09. The third kappa shape index (κ3) is 2.06. The van der Waals surface area contributed by atoms with Gasteiger partial charge in [-0.05, 0) is 6.92 Å². The normalized spacial score (nSPS) is 10.8. The Morgan fingerprint density at radius 2 is 2.50 bits per heavy atom. The summed E-state index contributed by atoms with van der Waals surface area (Å²) in [6.45, 7) is 2.45. The van der Waals surface area contributed by atoms with Crippen LogP contribution in [0.2, 0.25) is 0 Å². The maximum Gasteiger partial charge on any atom is 0.0897 e. The van der Waals surface area contributed by atoms with Crippen molar-refractivity contribution in [3.05, 3.63) is 16.1 Å². The first-order chi connectivity index (χ1) is 4.68. The number of rotatable bonds is 2. The summed E-state index contributed by atoms with van der Waals surface area (Å²) in [5.74, 6) is 0. The average Bonchev–Trinajstić information content (AvgIpc) is 2.13. The van der Waals surface area contributed by atoms with Crippen LogP contribution in [0.1, 0.15) is 10.7 Å². The quantitative estimate of drug-likeness (QED) is 0.658. The molecule has 0 amide bonds. The molecule has 1 rings (SSSR count). The van der Waals surface area contributed by atoms with E-state index in [9.17, 15) is 0 Å². The van der Waals surface area contributed by atoms with Crippen molar-refractivity contribution in [1.29, 1.82) is 0 Å². The van der Waals surface area contributed by atoms with Crippen LogP contribution in [0, 0.1) is 6.92 Å². The molecule has 56 valence electrons. The fourth-order valence-corrected chi connectivity index (χ4v) is 1.32. The Kier molecular flexibility index (Phi) is 2.37. The van der Waals surface area contributed by atoms with Crippen LogP contribution in [-0.2, 0) is 6.54 Å². The minimum atomic E-state index is 0.504. The van der Waals surface area contributed by atoms with Crippen LogP contribution in [-0.4, -0.2) is 22.3 Å². The van der Waals surface area contributed by atoms with Gasteiger partial charge in [-0.3, -0.25) is 0 Å². The molecule has 0 aliphatic rings. The topological polar surface area (TPSA) is 36.4 Å². The van der Waals surface area contributed by atoms with Gasteiger partial charge in [-0.25, -0.2) is 4.98 Å². The van der Waals surface area contributed by atoms with Gasteiger partial charge in [-0.1, -0.05) is 0 Å². The van der Waals surface area contributed by atoms with Crippen molar-refractivity contribution in [2.24, 2.45) is 0 Å². The molecular weight excluding hydrogens is 148 g/mol. The van der Waals surface area contributed by atoms with E-state index >= 15 is 0 Å². The number of hydroxylamine groups is 2. The molecule has 0 bridgehead atoms. The molecule has 0 spiro atoms. The van der Waals surface area contributed by atoms with Gasteiger partial charge in [-0.2, -0.15) is 5.06 Å². The van der Waals surface area contributed by atoms with Crippen molar-refractivity contribution >= 4 is 11.3 Å². The minimum absolute atomic E-state index is 0.504. The Hall–Kier alpha value is -0.450. The summed E-state index contributed by atoms with van der Waals surface area (Å²) in [6.07, 6.45) is 0. The Morgan fingerprint density at radius 1 is 1.80 bits per heavy atom. The highest BCUT2D eigenvalue weighted by Crippen LogP contribution is 2.08. The molecule has 0 aromatic carbocycles. The Balaban J connectivity index is 2.58. The zero-order chi connectivity index (χ0) is 7.56. The highest BCUT2D eigenvalue weighted by atomic mass is 32.1. The van der Waals surface area contributed by atoms with E-state index in [0.29, 0.717) is 6.54 Å². The third-order valence-electron chi connectivity index (χ3n) is 1.06. The fraction of sp³-hybridized carbons (Fsp3) is 0.500. The van der Waals surface area contributed by atoms with Gasteiger partial charge in [0.25, 0.3) is 0 Å². The van der Waals surface area contributed by atoms with Crippen molar-refractivity contribution in [1.82, 2.24) is 10.0 Å². The molecule has 10 heavy (non-hydrogen) atoms. The molecule has 0 aliphatic heterocycles. The number of hydrogen-bond acceptors (Lipinski definition) is 4. The van der Waals surface area contributed by atoms with E-state index in [1.807, 2.05) is 12.3 Å². The Labute approximate surface area is 63.9 Å². The van der Waals surface area contributed by atoms with Gasteiger partial charge in [0.15, 0.2) is 0 Å². The van der Waals surface area contributed by atoms with Gasteiger partial charge in [-0.15, -0.1) is 11.3 Å². The lowest BCUT2D eigenvalue weighted by atomic mass is 10.5. The number of thiazole rings is 1. The Morgan fingerprint density at radius 3 is 2.90 bits per heavy atom. The van der Waals surface area contributed by atoms with Crippen LogP contribution in [0.25, 0.3) is 0 Å². The maximum atomic E-state index is 8.81. The second-order valence-corrected chi connectivity index (χ2v) is 3.24. The first kappa shape index (κ1) is 7.65. The Bertz CT molecular complexity index is 209. The van der Waals surface area contributed by atoms with E-state index in [4.69, 9.17) is 5.21 Å². The largest absolute Gasteiger partial charge is 0.314 e. The second kappa shape index (κ2) is 3.09. The number of hydrogen-bond donors (Lipinski definition) is 1. The predicted octanol–water partition coefficient (Wildman–Crippen LogP) is 1.27. The summed E-state index contributed by atoms with van der Waals surface area (Å²) in [5.41, 5.74) is 0.924. The molecule has 0 radical (unpaired) electrons. The van der Waals surface area contributed by atoms with Gasteiger partial charge >= 0.3 is 0 Å². The molecule has 1 N–H and O–H groups in total. The summed E-state index contributed by atoms with van der Waals surface area (Å²) in [5, 5.41) is 12.9. The van der Waals surface area contributed by atoms with Crippen molar-refractivity contribution in [2.45, 2.75) is 13.5 Å². The molecule has 1 aromatic rings. The molecule has 4 heteroatoms. The first-order valence-corrected chi connectivity index (χ1v) is 3.87. The highest BCUT2D eigenvalue weighted by Gasteiger charge is 1.98. The van der Waals surface area contributed by atoms with Gasteiger partial charge in [0.2, 0.25) is 0 Å². The predicted molar refractivity (Wildman–Crippen MR) is 40.1 cm³/mol. The summed E-state index contributed by atoms with van der Waals surface area (Å²) < 4.78 is 0. The number of nitrogens with zero attached hydrogens (tertiary/aromatic N) is 2. The molecule has 0 atom stereocenters. The number of aryl methyl sites for hydroxylation is 1. The van der Waals surface area contributed by atoms with Gasteiger partial charge in [0, 0.05) is 12.4 Å². The SMILES string of the molecule is Cc1nc(CN(C)O)cs1. The summed E-state index contributed by atoms with van der Waals surface area (Å²) >= 11 is 1.60. The van der Waals surface area contributed by atoms with E-state index in [2.05, 4.69) is 4.98 Å². The molecule has 0 saturated heterocycles. The lowest BCUT2D eigenvalue weighted by Gasteiger charge is -2.03. The number of aromatic nitrogens is 1. The fourth-order valence-electron chi connectivity index (χ4n) is 0.715. The zero-order valence-electron chi connectivity index (χ0n) is 6.03.